The molecule has 0 amide bonds. The number of hydrogen-bond acceptors (Lipinski definition) is 4. The first-order chi connectivity index (χ1) is 11.6. The van der Waals surface area contributed by atoms with E-state index in [1.54, 1.807) is 6.20 Å². The summed E-state index contributed by atoms with van der Waals surface area (Å²) in [6, 6.07) is 15.7. The van der Waals surface area contributed by atoms with Gasteiger partial charge >= 0.3 is 0 Å². The topological polar surface area (TPSA) is 47.0 Å². The maximum atomic E-state index is 5.83. The van der Waals surface area contributed by atoms with E-state index in [2.05, 4.69) is 15.3 Å². The third-order valence-corrected chi connectivity index (χ3v) is 3.82. The molecule has 0 aliphatic heterocycles. The summed E-state index contributed by atoms with van der Waals surface area (Å²) in [5.74, 6) is 0.871. The molecule has 3 aromatic rings. The Balaban J connectivity index is 1.73. The summed E-state index contributed by atoms with van der Waals surface area (Å²) in [4.78, 5) is 9.38. The van der Waals surface area contributed by atoms with Gasteiger partial charge in [0.2, 0.25) is 0 Å². The van der Waals surface area contributed by atoms with Gasteiger partial charge in [0.15, 0.2) is 5.65 Å². The second-order valence-corrected chi connectivity index (χ2v) is 6.11. The van der Waals surface area contributed by atoms with Crippen LogP contribution in [-0.4, -0.2) is 21.1 Å². The van der Waals surface area contributed by atoms with Gasteiger partial charge in [0.05, 0.1) is 11.8 Å². The van der Waals surface area contributed by atoms with E-state index in [4.69, 9.17) is 17.0 Å². The average molecular weight is 337 g/mol. The van der Waals surface area contributed by atoms with Gasteiger partial charge in [-0.3, -0.25) is 0 Å². The molecule has 122 valence electrons. The van der Waals surface area contributed by atoms with Crippen molar-refractivity contribution in [2.24, 2.45) is 0 Å². The normalized spacial score (nSPS) is 10.8. The SMILES string of the molecule is CC(C)Oc1ccccc1CNC(=S)c1ccc2cccnc2n1. The Morgan fingerprint density at radius 2 is 1.96 bits per heavy atom. The number of nitrogens with zero attached hydrogens (tertiary/aromatic N) is 2. The minimum absolute atomic E-state index is 0.131. The molecule has 2 aromatic heterocycles. The molecular formula is C19H19N3OS. The molecule has 0 spiro atoms. The second-order valence-electron chi connectivity index (χ2n) is 5.70. The van der Waals surface area contributed by atoms with E-state index in [0.717, 1.165) is 22.4 Å². The van der Waals surface area contributed by atoms with Crippen LogP contribution in [-0.2, 0) is 6.54 Å². The first-order valence-electron chi connectivity index (χ1n) is 7.88. The monoisotopic (exact) mass is 337 g/mol. The maximum absolute atomic E-state index is 5.83. The molecule has 2 heterocycles. The van der Waals surface area contributed by atoms with Crippen molar-refractivity contribution in [1.82, 2.24) is 15.3 Å². The highest BCUT2D eigenvalue weighted by molar-refractivity contribution is 7.80. The summed E-state index contributed by atoms with van der Waals surface area (Å²) in [6.45, 7) is 4.62. The van der Waals surface area contributed by atoms with Gasteiger partial charge in [0, 0.05) is 23.7 Å². The van der Waals surface area contributed by atoms with Crippen molar-refractivity contribution in [3.8, 4) is 5.75 Å². The lowest BCUT2D eigenvalue weighted by atomic mass is 10.2. The summed E-state index contributed by atoms with van der Waals surface area (Å²) in [5, 5.41) is 4.25. The maximum Gasteiger partial charge on any atom is 0.159 e. The van der Waals surface area contributed by atoms with E-state index >= 15 is 0 Å². The summed E-state index contributed by atoms with van der Waals surface area (Å²) in [7, 11) is 0. The fraction of sp³-hybridized carbons (Fsp3) is 0.211. The standard InChI is InChI=1S/C19H19N3OS/c1-13(2)23-17-8-4-3-6-15(17)12-21-19(24)16-10-9-14-7-5-11-20-18(14)22-16/h3-11,13H,12H2,1-2H3,(H,21,24). The van der Waals surface area contributed by atoms with Gasteiger partial charge < -0.3 is 10.1 Å². The molecule has 0 fully saturated rings. The van der Waals surface area contributed by atoms with Gasteiger partial charge in [-0.1, -0.05) is 30.4 Å². The average Bonchev–Trinajstić information content (AvgIpc) is 2.60. The molecule has 0 saturated heterocycles. The molecule has 0 aliphatic carbocycles. The fourth-order valence-electron chi connectivity index (χ4n) is 2.36. The van der Waals surface area contributed by atoms with Crippen molar-refractivity contribution in [3.63, 3.8) is 0 Å². The third kappa shape index (κ3) is 3.86. The summed E-state index contributed by atoms with van der Waals surface area (Å²) < 4.78 is 5.83. The number of nitrogens with one attached hydrogen (secondary N) is 1. The molecule has 0 saturated carbocycles. The molecule has 0 bridgehead atoms. The molecule has 5 heteroatoms. The Bertz CT molecular complexity index is 864. The van der Waals surface area contributed by atoms with E-state index in [9.17, 15) is 0 Å². The lowest BCUT2D eigenvalue weighted by molar-refractivity contribution is 0.240. The Kier molecular flexibility index (Phi) is 5.01. The fourth-order valence-corrected chi connectivity index (χ4v) is 2.55. The van der Waals surface area contributed by atoms with Crippen LogP contribution in [0.15, 0.2) is 54.7 Å². The smallest absolute Gasteiger partial charge is 0.159 e. The number of pyridine rings is 2. The van der Waals surface area contributed by atoms with Crippen molar-refractivity contribution >= 4 is 28.2 Å². The van der Waals surface area contributed by atoms with Gasteiger partial charge in [0.25, 0.3) is 0 Å². The zero-order valence-corrected chi connectivity index (χ0v) is 14.5. The Morgan fingerprint density at radius 1 is 1.12 bits per heavy atom. The number of thiocarbonyl (C=S) groups is 1. The number of fused-ring (bicyclic) bond motifs is 1. The zero-order valence-electron chi connectivity index (χ0n) is 13.7. The van der Waals surface area contributed by atoms with Crippen molar-refractivity contribution < 1.29 is 4.74 Å². The number of hydrogen-bond donors (Lipinski definition) is 1. The van der Waals surface area contributed by atoms with Crippen molar-refractivity contribution in [2.45, 2.75) is 26.5 Å². The predicted octanol–water partition coefficient (Wildman–Crippen LogP) is 3.88. The number of para-hydroxylation sites is 1. The molecule has 1 aromatic carbocycles. The Labute approximate surface area is 146 Å². The molecule has 3 rings (SSSR count). The highest BCUT2D eigenvalue weighted by Crippen LogP contribution is 2.19. The number of rotatable bonds is 5. The third-order valence-electron chi connectivity index (χ3n) is 3.47. The van der Waals surface area contributed by atoms with Gasteiger partial charge in [-0.05, 0) is 44.2 Å². The van der Waals surface area contributed by atoms with E-state index in [1.165, 1.54) is 0 Å². The highest BCUT2D eigenvalue weighted by atomic mass is 32.1. The van der Waals surface area contributed by atoms with Gasteiger partial charge in [-0.25, -0.2) is 9.97 Å². The van der Waals surface area contributed by atoms with Crippen LogP contribution in [0.3, 0.4) is 0 Å². The minimum atomic E-state index is 0.131. The number of aromatic nitrogens is 2. The highest BCUT2D eigenvalue weighted by Gasteiger charge is 2.08. The lowest BCUT2D eigenvalue weighted by Gasteiger charge is -2.15. The molecule has 4 nitrogen and oxygen atoms in total. The molecule has 0 unspecified atom stereocenters. The van der Waals surface area contributed by atoms with Crippen LogP contribution < -0.4 is 10.1 Å². The number of benzene rings is 1. The van der Waals surface area contributed by atoms with Crippen molar-refractivity contribution in [2.75, 3.05) is 0 Å². The summed E-state index contributed by atoms with van der Waals surface area (Å²) in [6.07, 6.45) is 1.86. The molecule has 0 atom stereocenters. The minimum Gasteiger partial charge on any atom is -0.491 e. The first kappa shape index (κ1) is 16.3. The predicted molar refractivity (Wildman–Crippen MR) is 100 cm³/mol. The molecule has 0 aliphatic rings. The van der Waals surface area contributed by atoms with E-state index in [1.807, 2.05) is 62.4 Å². The van der Waals surface area contributed by atoms with E-state index in [0.29, 0.717) is 17.2 Å². The van der Waals surface area contributed by atoms with E-state index < -0.39 is 0 Å². The van der Waals surface area contributed by atoms with Crippen molar-refractivity contribution in [1.29, 1.82) is 0 Å². The molecular weight excluding hydrogens is 318 g/mol. The Morgan fingerprint density at radius 3 is 2.79 bits per heavy atom. The van der Waals surface area contributed by atoms with Crippen LogP contribution in [0.4, 0.5) is 0 Å². The van der Waals surface area contributed by atoms with Crippen LogP contribution in [0, 0.1) is 0 Å². The second kappa shape index (κ2) is 7.36. The molecule has 24 heavy (non-hydrogen) atoms. The van der Waals surface area contributed by atoms with Gasteiger partial charge in [-0.2, -0.15) is 0 Å². The van der Waals surface area contributed by atoms with Crippen LogP contribution in [0.2, 0.25) is 0 Å². The van der Waals surface area contributed by atoms with Crippen LogP contribution in [0.1, 0.15) is 25.1 Å². The van der Waals surface area contributed by atoms with Crippen LogP contribution in [0.25, 0.3) is 11.0 Å². The first-order valence-corrected chi connectivity index (χ1v) is 8.29. The molecule has 1 N–H and O–H groups in total. The van der Waals surface area contributed by atoms with Gasteiger partial charge in [0.1, 0.15) is 10.7 Å². The quantitative estimate of drug-likeness (QED) is 0.716. The van der Waals surface area contributed by atoms with Gasteiger partial charge in [-0.15, -0.1) is 0 Å². The lowest BCUT2D eigenvalue weighted by Crippen LogP contribution is -2.23. The zero-order chi connectivity index (χ0) is 16.9. The Hall–Kier alpha value is -2.53. The van der Waals surface area contributed by atoms with Crippen LogP contribution in [0.5, 0.6) is 5.75 Å². The summed E-state index contributed by atoms with van der Waals surface area (Å²) in [5.41, 5.74) is 2.48. The van der Waals surface area contributed by atoms with Crippen LogP contribution >= 0.6 is 12.2 Å². The number of ether oxygens (including phenoxy) is 1. The van der Waals surface area contributed by atoms with E-state index in [-0.39, 0.29) is 6.10 Å². The largest absolute Gasteiger partial charge is 0.491 e. The van der Waals surface area contributed by atoms with Crippen molar-refractivity contribution in [3.05, 3.63) is 66.0 Å². The summed E-state index contributed by atoms with van der Waals surface area (Å²) >= 11 is 5.47. The molecule has 0 radical (unpaired) electrons.